The van der Waals surface area contributed by atoms with Crippen molar-refractivity contribution in [1.29, 1.82) is 0 Å². The fourth-order valence-corrected chi connectivity index (χ4v) is 6.64. The highest BCUT2D eigenvalue weighted by Crippen LogP contribution is 2.60. The minimum absolute atomic E-state index is 0.0808. The highest BCUT2D eigenvalue weighted by molar-refractivity contribution is 6.06. The average Bonchev–Trinajstić information content (AvgIpc) is 2.90. The van der Waals surface area contributed by atoms with Crippen molar-refractivity contribution in [2.45, 2.75) is 36.8 Å². The number of hydrogen-bond acceptors (Lipinski definition) is 4. The third-order valence-corrected chi connectivity index (χ3v) is 7.71. The number of fused-ring (bicyclic) bond motifs is 6. The minimum atomic E-state index is -0.580. The van der Waals surface area contributed by atoms with Crippen LogP contribution in [0.15, 0.2) is 35.9 Å². The standard InChI is InChI=1S/C22H24N2O3/c1-23-8-7-22-15-4-2-3-5-16(15)24-19(26)11-17-20(21(22)24)14(10-18(22)25)13(12-23)6-9-27-17/h2-6,14,17,20-21H,7-12H2,1H3/t14?,17?,20?,21-,22+/m0/s1. The van der Waals surface area contributed by atoms with Crippen molar-refractivity contribution in [2.24, 2.45) is 11.8 Å². The first-order chi connectivity index (χ1) is 13.1. The summed E-state index contributed by atoms with van der Waals surface area (Å²) in [7, 11) is 2.14. The summed E-state index contributed by atoms with van der Waals surface area (Å²) in [4.78, 5) is 31.3. The number of ether oxygens (including phenoxy) is 1. The molecule has 7 rings (SSSR count). The average molecular weight is 364 g/mol. The first kappa shape index (κ1) is 16.0. The number of amides is 1. The maximum Gasteiger partial charge on any atom is 0.229 e. The van der Waals surface area contributed by atoms with Crippen molar-refractivity contribution < 1.29 is 14.3 Å². The third kappa shape index (κ3) is 1.87. The van der Waals surface area contributed by atoms with Crippen LogP contribution in [0.1, 0.15) is 24.8 Å². The molecule has 5 nitrogen and oxygen atoms in total. The molecule has 5 heterocycles. The molecule has 5 aliphatic heterocycles. The Morgan fingerprint density at radius 2 is 2.04 bits per heavy atom. The fraction of sp³-hybridized carbons (Fsp3) is 0.545. The summed E-state index contributed by atoms with van der Waals surface area (Å²) in [5, 5.41) is 0. The number of ketones is 1. The molecule has 1 aliphatic carbocycles. The van der Waals surface area contributed by atoms with Crippen molar-refractivity contribution >= 4 is 17.4 Å². The Morgan fingerprint density at radius 1 is 1.19 bits per heavy atom. The predicted molar refractivity (Wildman–Crippen MR) is 101 cm³/mol. The van der Waals surface area contributed by atoms with Crippen LogP contribution in [0.2, 0.25) is 0 Å². The summed E-state index contributed by atoms with van der Waals surface area (Å²) in [5.41, 5.74) is 2.78. The maximum atomic E-state index is 13.8. The molecule has 1 spiro atoms. The highest BCUT2D eigenvalue weighted by atomic mass is 16.5. The van der Waals surface area contributed by atoms with Crippen molar-refractivity contribution in [1.82, 2.24) is 4.90 Å². The van der Waals surface area contributed by atoms with Gasteiger partial charge in [0.25, 0.3) is 0 Å². The summed E-state index contributed by atoms with van der Waals surface area (Å²) in [6.45, 7) is 2.30. The second kappa shape index (κ2) is 5.30. The molecule has 4 fully saturated rings. The number of para-hydroxylation sites is 1. The molecule has 6 aliphatic rings. The Balaban J connectivity index is 1.66. The fourth-order valence-electron chi connectivity index (χ4n) is 6.64. The SMILES string of the molecule is CN1CC[C@]23C(=O)CC4C(=CCOC5CC(=O)N(c6ccccc62)[C@H]3C54)C1. The zero-order valence-electron chi connectivity index (χ0n) is 15.6. The number of rotatable bonds is 0. The lowest BCUT2D eigenvalue weighted by molar-refractivity contribution is -0.140. The van der Waals surface area contributed by atoms with Crippen LogP contribution < -0.4 is 4.90 Å². The molecule has 1 amide bonds. The summed E-state index contributed by atoms with van der Waals surface area (Å²) in [6.07, 6.45) is 3.88. The zero-order valence-corrected chi connectivity index (χ0v) is 15.6. The first-order valence-corrected chi connectivity index (χ1v) is 10.1. The largest absolute Gasteiger partial charge is 0.373 e. The van der Waals surface area contributed by atoms with E-state index in [4.69, 9.17) is 4.74 Å². The molecule has 1 saturated carbocycles. The Labute approximate surface area is 159 Å². The monoisotopic (exact) mass is 364 g/mol. The van der Waals surface area contributed by atoms with E-state index in [9.17, 15) is 9.59 Å². The van der Waals surface area contributed by atoms with Gasteiger partial charge in [-0.25, -0.2) is 0 Å². The Hall–Kier alpha value is -1.98. The molecule has 3 unspecified atom stereocenters. The van der Waals surface area contributed by atoms with Crippen molar-refractivity contribution in [3.8, 4) is 0 Å². The van der Waals surface area contributed by atoms with Crippen LogP contribution in [0.5, 0.6) is 0 Å². The molecule has 1 aromatic carbocycles. The smallest absolute Gasteiger partial charge is 0.229 e. The van der Waals surface area contributed by atoms with Crippen molar-refractivity contribution in [3.05, 3.63) is 41.5 Å². The Morgan fingerprint density at radius 3 is 2.93 bits per heavy atom. The van der Waals surface area contributed by atoms with Gasteiger partial charge in [-0.15, -0.1) is 0 Å². The molecule has 3 saturated heterocycles. The van der Waals surface area contributed by atoms with Gasteiger partial charge in [-0.1, -0.05) is 29.8 Å². The van der Waals surface area contributed by atoms with Gasteiger partial charge in [-0.3, -0.25) is 9.59 Å². The molecule has 0 radical (unpaired) electrons. The van der Waals surface area contributed by atoms with Crippen molar-refractivity contribution in [3.63, 3.8) is 0 Å². The van der Waals surface area contributed by atoms with Crippen LogP contribution in [0, 0.1) is 11.8 Å². The minimum Gasteiger partial charge on any atom is -0.373 e. The summed E-state index contributed by atoms with van der Waals surface area (Å²) < 4.78 is 6.20. The number of benzene rings is 1. The van der Waals surface area contributed by atoms with E-state index >= 15 is 0 Å². The van der Waals surface area contributed by atoms with E-state index in [0.29, 0.717) is 25.2 Å². The molecule has 0 aromatic heterocycles. The molecule has 4 bridgehead atoms. The van der Waals surface area contributed by atoms with Gasteiger partial charge in [0, 0.05) is 24.6 Å². The highest BCUT2D eigenvalue weighted by Gasteiger charge is 2.67. The predicted octanol–water partition coefficient (Wildman–Crippen LogP) is 1.91. The van der Waals surface area contributed by atoms with Gasteiger partial charge in [-0.05, 0) is 37.6 Å². The topological polar surface area (TPSA) is 49.9 Å². The van der Waals surface area contributed by atoms with Crippen molar-refractivity contribution in [2.75, 3.05) is 31.6 Å². The first-order valence-electron chi connectivity index (χ1n) is 10.1. The van der Waals surface area contributed by atoms with Gasteiger partial charge in [-0.2, -0.15) is 0 Å². The van der Waals surface area contributed by atoms with Gasteiger partial charge in [0.05, 0.1) is 30.6 Å². The number of anilines is 1. The molecular weight excluding hydrogens is 340 g/mol. The van der Waals surface area contributed by atoms with Crippen LogP contribution in [0.3, 0.4) is 0 Å². The summed E-state index contributed by atoms with van der Waals surface area (Å²) in [6, 6.07) is 8.01. The summed E-state index contributed by atoms with van der Waals surface area (Å²) in [5.74, 6) is 0.821. The van der Waals surface area contributed by atoms with Crippen LogP contribution >= 0.6 is 0 Å². The third-order valence-electron chi connectivity index (χ3n) is 7.71. The van der Waals surface area contributed by atoms with E-state index < -0.39 is 5.41 Å². The summed E-state index contributed by atoms with van der Waals surface area (Å²) >= 11 is 0. The van der Waals surface area contributed by atoms with E-state index in [2.05, 4.69) is 24.1 Å². The zero-order chi connectivity index (χ0) is 18.3. The number of carbonyl (C=O) groups is 2. The molecule has 0 N–H and O–H groups in total. The maximum absolute atomic E-state index is 13.8. The number of likely N-dealkylation sites (N-methyl/N-ethyl adjacent to an activating group) is 1. The van der Waals surface area contributed by atoms with Crippen LogP contribution in [-0.2, 0) is 19.7 Å². The molecule has 1 aromatic rings. The van der Waals surface area contributed by atoms with Gasteiger partial charge >= 0.3 is 0 Å². The van der Waals surface area contributed by atoms with Crippen LogP contribution in [0.25, 0.3) is 0 Å². The number of piperidine rings is 1. The number of hydrogen-bond donors (Lipinski definition) is 0. The van der Waals surface area contributed by atoms with E-state index in [-0.39, 0.29) is 29.9 Å². The molecular formula is C22H24N2O3. The molecule has 5 heteroatoms. The molecule has 27 heavy (non-hydrogen) atoms. The lowest BCUT2D eigenvalue weighted by Gasteiger charge is -2.53. The quantitative estimate of drug-likeness (QED) is 0.660. The number of Topliss-reactive ketones (excluding diaryl/α,β-unsaturated/α-hetero) is 1. The molecule has 140 valence electrons. The Kier molecular flexibility index (Phi) is 3.14. The van der Waals surface area contributed by atoms with Gasteiger partial charge in [0.15, 0.2) is 0 Å². The van der Waals surface area contributed by atoms with E-state index in [1.807, 2.05) is 23.1 Å². The van der Waals surface area contributed by atoms with Gasteiger partial charge in [0.2, 0.25) is 5.91 Å². The molecule has 5 atom stereocenters. The van der Waals surface area contributed by atoms with E-state index in [1.54, 1.807) is 0 Å². The Bertz CT molecular complexity index is 893. The number of carbonyl (C=O) groups excluding carboxylic acids is 2. The number of nitrogens with zero attached hydrogens (tertiary/aromatic N) is 2. The van der Waals surface area contributed by atoms with E-state index in [0.717, 1.165) is 30.8 Å². The van der Waals surface area contributed by atoms with E-state index in [1.165, 1.54) is 5.57 Å². The second-order valence-electron chi connectivity index (χ2n) is 8.85. The second-order valence-corrected chi connectivity index (χ2v) is 8.85. The lowest BCUT2D eigenvalue weighted by atomic mass is 9.55. The van der Waals surface area contributed by atoms with Crippen LogP contribution in [0.4, 0.5) is 5.69 Å². The van der Waals surface area contributed by atoms with Crippen LogP contribution in [-0.4, -0.2) is 55.5 Å². The van der Waals surface area contributed by atoms with Gasteiger partial charge in [0.1, 0.15) is 5.78 Å². The lowest BCUT2D eigenvalue weighted by Crippen LogP contribution is -2.66. The van der Waals surface area contributed by atoms with Gasteiger partial charge < -0.3 is 14.5 Å². The normalized spacial score (nSPS) is 40.0.